The van der Waals surface area contributed by atoms with Gasteiger partial charge in [-0.1, -0.05) is 41.9 Å². The van der Waals surface area contributed by atoms with E-state index in [4.69, 9.17) is 16.6 Å². The normalized spacial score (nSPS) is 14.6. The fraction of sp³-hybridized carbons (Fsp3) is 0.333. The summed E-state index contributed by atoms with van der Waals surface area (Å²) in [6.07, 6.45) is 3.47. The highest BCUT2D eigenvalue weighted by molar-refractivity contribution is 7.84. The lowest BCUT2D eigenvalue weighted by molar-refractivity contribution is 0.615. The monoisotopic (exact) mass is 376 g/mol. The Morgan fingerprint density at radius 3 is 2.56 bits per heavy atom. The van der Waals surface area contributed by atoms with Crippen LogP contribution < -0.4 is 4.72 Å². The van der Waals surface area contributed by atoms with Gasteiger partial charge in [0, 0.05) is 23.4 Å². The number of rotatable bonds is 4. The second kappa shape index (κ2) is 6.86. The fourth-order valence-electron chi connectivity index (χ4n) is 2.44. The van der Waals surface area contributed by atoms with Crippen molar-refractivity contribution in [3.8, 4) is 11.3 Å². The van der Waals surface area contributed by atoms with E-state index in [1.165, 1.54) is 0 Å². The lowest BCUT2D eigenvalue weighted by Gasteiger charge is -2.23. The smallest absolute Gasteiger partial charge is 0.174 e. The highest BCUT2D eigenvalue weighted by atomic mass is 35.5. The molecule has 1 N–H and O–H groups in total. The molecule has 0 saturated heterocycles. The standard InChI is InChI=1S/C18H21ClN4OS/c1-12(22-25(24)18(2,3)4)14-11-23-17(15(19)10-20-23)21-16(14)13-8-6-5-7-9-13/h5-12,22H,1-4H3/t12-,25+/m0/s1. The van der Waals surface area contributed by atoms with Crippen molar-refractivity contribution in [3.63, 3.8) is 0 Å². The fourth-order valence-corrected chi connectivity index (χ4v) is 3.42. The van der Waals surface area contributed by atoms with E-state index in [1.54, 1.807) is 10.7 Å². The van der Waals surface area contributed by atoms with Crippen LogP contribution in [0, 0.1) is 0 Å². The molecule has 0 aliphatic carbocycles. The molecule has 0 aliphatic heterocycles. The van der Waals surface area contributed by atoms with Gasteiger partial charge in [-0.05, 0) is 27.7 Å². The van der Waals surface area contributed by atoms with Crippen LogP contribution in [-0.4, -0.2) is 23.6 Å². The van der Waals surface area contributed by atoms with E-state index in [9.17, 15) is 4.21 Å². The second-order valence-corrected chi connectivity index (χ2v) is 9.30. The number of halogens is 1. The van der Waals surface area contributed by atoms with E-state index in [0.717, 1.165) is 16.8 Å². The Labute approximate surface area is 155 Å². The van der Waals surface area contributed by atoms with Crippen LogP contribution in [0.3, 0.4) is 0 Å². The Morgan fingerprint density at radius 2 is 1.92 bits per heavy atom. The quantitative estimate of drug-likeness (QED) is 0.743. The molecule has 0 aliphatic rings. The molecule has 3 rings (SSSR count). The van der Waals surface area contributed by atoms with Gasteiger partial charge in [0.15, 0.2) is 5.65 Å². The first kappa shape index (κ1) is 18.0. The summed E-state index contributed by atoms with van der Waals surface area (Å²) in [4.78, 5) is 4.73. The van der Waals surface area contributed by atoms with Crippen LogP contribution in [-0.2, 0) is 11.0 Å². The summed E-state index contributed by atoms with van der Waals surface area (Å²) in [5.74, 6) is 0. The second-order valence-electron chi connectivity index (χ2n) is 6.89. The number of nitrogens with zero attached hydrogens (tertiary/aromatic N) is 3. The molecule has 132 valence electrons. The summed E-state index contributed by atoms with van der Waals surface area (Å²) >= 11 is 6.20. The Hall–Kier alpha value is -1.76. The third-order valence-corrected chi connectivity index (χ3v) is 5.78. The van der Waals surface area contributed by atoms with Crippen LogP contribution in [0.5, 0.6) is 0 Å². The molecule has 0 bridgehead atoms. The van der Waals surface area contributed by atoms with Gasteiger partial charge in [0.25, 0.3) is 0 Å². The Morgan fingerprint density at radius 1 is 1.24 bits per heavy atom. The Balaban J connectivity index is 2.11. The van der Waals surface area contributed by atoms with Gasteiger partial charge >= 0.3 is 0 Å². The molecule has 2 heterocycles. The lowest BCUT2D eigenvalue weighted by Crippen LogP contribution is -2.35. The van der Waals surface area contributed by atoms with E-state index in [1.807, 2.05) is 64.2 Å². The number of hydrogen-bond donors (Lipinski definition) is 1. The number of benzene rings is 1. The molecular weight excluding hydrogens is 356 g/mol. The zero-order chi connectivity index (χ0) is 18.2. The first-order chi connectivity index (χ1) is 11.8. The highest BCUT2D eigenvalue weighted by Gasteiger charge is 2.24. The summed E-state index contributed by atoms with van der Waals surface area (Å²) < 4.78 is 17.0. The molecule has 3 aromatic rings. The summed E-state index contributed by atoms with van der Waals surface area (Å²) in [6, 6.07) is 9.72. The first-order valence-electron chi connectivity index (χ1n) is 8.04. The van der Waals surface area contributed by atoms with Crippen LogP contribution in [0.4, 0.5) is 0 Å². The minimum atomic E-state index is -1.19. The van der Waals surface area contributed by atoms with Crippen molar-refractivity contribution in [2.24, 2.45) is 0 Å². The average Bonchev–Trinajstić information content (AvgIpc) is 2.94. The molecule has 2 aromatic heterocycles. The van der Waals surface area contributed by atoms with Crippen LogP contribution in [0.25, 0.3) is 16.9 Å². The minimum absolute atomic E-state index is 0.171. The predicted octanol–water partition coefficient (Wildman–Crippen LogP) is 4.16. The molecule has 0 fully saturated rings. The Kier molecular flexibility index (Phi) is 4.95. The van der Waals surface area contributed by atoms with Crippen molar-refractivity contribution in [2.45, 2.75) is 38.5 Å². The first-order valence-corrected chi connectivity index (χ1v) is 9.57. The molecule has 5 nitrogen and oxygen atoms in total. The molecule has 7 heteroatoms. The molecular formula is C18H21ClN4OS. The predicted molar refractivity (Wildman–Crippen MR) is 103 cm³/mol. The van der Waals surface area contributed by atoms with Crippen molar-refractivity contribution < 1.29 is 4.21 Å². The van der Waals surface area contributed by atoms with E-state index in [0.29, 0.717) is 10.7 Å². The van der Waals surface area contributed by atoms with E-state index in [2.05, 4.69) is 9.82 Å². The van der Waals surface area contributed by atoms with Crippen LogP contribution >= 0.6 is 11.6 Å². The summed E-state index contributed by atoms with van der Waals surface area (Å²) in [6.45, 7) is 7.80. The van der Waals surface area contributed by atoms with Crippen molar-refractivity contribution in [2.75, 3.05) is 0 Å². The maximum absolute atomic E-state index is 12.5. The third-order valence-electron chi connectivity index (χ3n) is 3.83. The summed E-state index contributed by atoms with van der Waals surface area (Å²) in [5.41, 5.74) is 3.30. The van der Waals surface area contributed by atoms with E-state index >= 15 is 0 Å². The van der Waals surface area contributed by atoms with Crippen LogP contribution in [0.15, 0.2) is 42.7 Å². The van der Waals surface area contributed by atoms with Crippen molar-refractivity contribution in [3.05, 3.63) is 53.3 Å². The molecule has 0 amide bonds. The largest absolute Gasteiger partial charge is 0.242 e. The number of nitrogens with one attached hydrogen (secondary N) is 1. The van der Waals surface area contributed by atoms with Gasteiger partial charge in [0.1, 0.15) is 5.02 Å². The Bertz CT molecular complexity index is 918. The van der Waals surface area contributed by atoms with Crippen molar-refractivity contribution >= 4 is 28.2 Å². The summed E-state index contributed by atoms with van der Waals surface area (Å²) in [7, 11) is -1.19. The topological polar surface area (TPSA) is 59.3 Å². The van der Waals surface area contributed by atoms with Crippen molar-refractivity contribution in [1.29, 1.82) is 0 Å². The zero-order valence-corrected chi connectivity index (χ0v) is 16.2. The van der Waals surface area contributed by atoms with Crippen LogP contribution in [0.1, 0.15) is 39.3 Å². The lowest BCUT2D eigenvalue weighted by atomic mass is 10.0. The molecule has 0 spiro atoms. The maximum Gasteiger partial charge on any atom is 0.174 e. The van der Waals surface area contributed by atoms with Gasteiger partial charge in [0.05, 0.1) is 27.6 Å². The van der Waals surface area contributed by atoms with Gasteiger partial charge in [0.2, 0.25) is 0 Å². The third kappa shape index (κ3) is 3.76. The number of fused-ring (bicyclic) bond motifs is 1. The molecule has 1 aromatic carbocycles. The summed E-state index contributed by atoms with van der Waals surface area (Å²) in [5, 5.41) is 4.74. The SMILES string of the molecule is C[C@H](N[S@](=O)C(C)(C)C)c1cn2ncc(Cl)c2nc1-c1ccccc1. The van der Waals surface area contributed by atoms with Gasteiger partial charge in [-0.25, -0.2) is 18.4 Å². The van der Waals surface area contributed by atoms with Gasteiger partial charge in [-0.2, -0.15) is 5.10 Å². The maximum atomic E-state index is 12.5. The minimum Gasteiger partial charge on any atom is -0.242 e. The van der Waals surface area contributed by atoms with Crippen LogP contribution in [0.2, 0.25) is 5.02 Å². The van der Waals surface area contributed by atoms with Gasteiger partial charge in [-0.3, -0.25) is 0 Å². The molecule has 2 atom stereocenters. The molecule has 0 saturated carbocycles. The highest BCUT2D eigenvalue weighted by Crippen LogP contribution is 2.29. The average molecular weight is 377 g/mol. The van der Waals surface area contributed by atoms with E-state index < -0.39 is 11.0 Å². The van der Waals surface area contributed by atoms with Gasteiger partial charge < -0.3 is 0 Å². The number of hydrogen-bond acceptors (Lipinski definition) is 3. The zero-order valence-electron chi connectivity index (χ0n) is 14.7. The van der Waals surface area contributed by atoms with Gasteiger partial charge in [-0.15, -0.1) is 0 Å². The number of aromatic nitrogens is 3. The molecule has 0 radical (unpaired) electrons. The molecule has 0 unspecified atom stereocenters. The van der Waals surface area contributed by atoms with E-state index in [-0.39, 0.29) is 10.8 Å². The molecule has 25 heavy (non-hydrogen) atoms. The van der Waals surface area contributed by atoms with Crippen molar-refractivity contribution in [1.82, 2.24) is 19.3 Å².